The molecule has 7 heteroatoms. The zero-order valence-corrected chi connectivity index (χ0v) is 12.1. The predicted octanol–water partition coefficient (Wildman–Crippen LogP) is 0.624. The highest BCUT2D eigenvalue weighted by Gasteiger charge is 2.16. The van der Waals surface area contributed by atoms with Gasteiger partial charge in [-0.15, -0.1) is 0 Å². The van der Waals surface area contributed by atoms with E-state index in [9.17, 15) is 12.6 Å². The van der Waals surface area contributed by atoms with Crippen LogP contribution in [0.5, 0.6) is 0 Å². The first kappa shape index (κ1) is 15.1. The number of rotatable bonds is 6. The standard InChI is InChI=1S/C11H18N2O3S2/c1-9-4-5-11(10(12)8-9)18(15,16)13-6-3-7-17(2)14/h4-5,8,13H,3,6-7,12H2,1-2H3. The molecule has 0 heterocycles. The van der Waals surface area contributed by atoms with Crippen molar-refractivity contribution in [3.05, 3.63) is 23.8 Å². The van der Waals surface area contributed by atoms with Crippen LogP contribution in [0.4, 0.5) is 5.69 Å². The number of hydrogen-bond donors (Lipinski definition) is 2. The van der Waals surface area contributed by atoms with Crippen molar-refractivity contribution in [1.82, 2.24) is 4.72 Å². The van der Waals surface area contributed by atoms with Crippen molar-refractivity contribution < 1.29 is 12.6 Å². The molecule has 3 N–H and O–H groups in total. The molecule has 0 spiro atoms. The van der Waals surface area contributed by atoms with Crippen LogP contribution < -0.4 is 10.5 Å². The van der Waals surface area contributed by atoms with E-state index in [1.807, 2.05) is 6.92 Å². The maximum Gasteiger partial charge on any atom is 0.242 e. The average molecular weight is 290 g/mol. The van der Waals surface area contributed by atoms with Crippen LogP contribution in [0.25, 0.3) is 0 Å². The molecule has 0 aromatic heterocycles. The van der Waals surface area contributed by atoms with Gasteiger partial charge in [0.25, 0.3) is 0 Å². The van der Waals surface area contributed by atoms with E-state index in [0.29, 0.717) is 12.2 Å². The van der Waals surface area contributed by atoms with Crippen LogP contribution in [0, 0.1) is 6.92 Å². The van der Waals surface area contributed by atoms with E-state index >= 15 is 0 Å². The molecular weight excluding hydrogens is 272 g/mol. The van der Waals surface area contributed by atoms with Crippen LogP contribution in [0.15, 0.2) is 23.1 Å². The monoisotopic (exact) mass is 290 g/mol. The summed E-state index contributed by atoms with van der Waals surface area (Å²) in [7, 11) is -4.48. The second-order valence-electron chi connectivity index (χ2n) is 4.07. The lowest BCUT2D eigenvalue weighted by atomic mass is 10.2. The fraction of sp³-hybridized carbons (Fsp3) is 0.455. The Labute approximate surface area is 110 Å². The zero-order valence-electron chi connectivity index (χ0n) is 10.5. The molecule has 0 bridgehead atoms. The number of hydrogen-bond acceptors (Lipinski definition) is 4. The number of nitrogens with two attached hydrogens (primary N) is 1. The van der Waals surface area contributed by atoms with Crippen LogP contribution in [0.1, 0.15) is 12.0 Å². The first-order chi connectivity index (χ1) is 8.33. The lowest BCUT2D eigenvalue weighted by molar-refractivity contribution is 0.581. The molecule has 0 saturated heterocycles. The molecule has 0 saturated carbocycles. The summed E-state index contributed by atoms with van der Waals surface area (Å²) in [6, 6.07) is 4.81. The van der Waals surface area contributed by atoms with Gasteiger partial charge >= 0.3 is 0 Å². The summed E-state index contributed by atoms with van der Waals surface area (Å²) in [6.07, 6.45) is 2.13. The molecule has 1 rings (SSSR count). The lowest BCUT2D eigenvalue weighted by Crippen LogP contribution is -2.26. The average Bonchev–Trinajstić information content (AvgIpc) is 2.23. The largest absolute Gasteiger partial charge is 0.398 e. The van der Waals surface area contributed by atoms with E-state index in [0.717, 1.165) is 5.56 Å². The molecule has 1 atom stereocenters. The van der Waals surface area contributed by atoms with Crippen molar-refractivity contribution in [2.24, 2.45) is 0 Å². The van der Waals surface area contributed by atoms with Crippen molar-refractivity contribution in [3.8, 4) is 0 Å². The summed E-state index contributed by atoms with van der Waals surface area (Å²) >= 11 is 0. The highest BCUT2D eigenvalue weighted by atomic mass is 32.2. The molecule has 1 unspecified atom stereocenters. The van der Waals surface area contributed by atoms with E-state index in [1.165, 1.54) is 6.07 Å². The second kappa shape index (κ2) is 6.31. The minimum absolute atomic E-state index is 0.0886. The van der Waals surface area contributed by atoms with Gasteiger partial charge in [0.1, 0.15) is 4.90 Å². The molecule has 0 fully saturated rings. The molecule has 0 amide bonds. The van der Waals surface area contributed by atoms with E-state index in [-0.39, 0.29) is 17.1 Å². The fourth-order valence-electron chi connectivity index (χ4n) is 1.47. The minimum Gasteiger partial charge on any atom is -0.398 e. The van der Waals surface area contributed by atoms with Crippen molar-refractivity contribution in [2.75, 3.05) is 24.3 Å². The number of aryl methyl sites for hydroxylation is 1. The summed E-state index contributed by atoms with van der Waals surface area (Å²) in [5.74, 6) is 0.478. The summed E-state index contributed by atoms with van der Waals surface area (Å²) in [5.41, 5.74) is 6.84. The van der Waals surface area contributed by atoms with Gasteiger partial charge in [0, 0.05) is 29.4 Å². The van der Waals surface area contributed by atoms with Gasteiger partial charge in [-0.25, -0.2) is 13.1 Å². The number of anilines is 1. The third-order valence-corrected chi connectivity index (χ3v) is 4.75. The van der Waals surface area contributed by atoms with Crippen molar-refractivity contribution in [2.45, 2.75) is 18.2 Å². The Hall–Kier alpha value is -0.920. The molecule has 0 aliphatic rings. The van der Waals surface area contributed by atoms with Crippen LogP contribution in [-0.2, 0) is 20.8 Å². The van der Waals surface area contributed by atoms with Crippen molar-refractivity contribution >= 4 is 26.5 Å². The van der Waals surface area contributed by atoms with Gasteiger partial charge in [-0.3, -0.25) is 4.21 Å². The molecule has 5 nitrogen and oxygen atoms in total. The Morgan fingerprint density at radius 2 is 2.06 bits per heavy atom. The normalized spacial score (nSPS) is 13.4. The van der Waals surface area contributed by atoms with E-state index in [2.05, 4.69) is 4.72 Å². The first-order valence-electron chi connectivity index (χ1n) is 5.49. The Morgan fingerprint density at radius 3 is 2.61 bits per heavy atom. The number of benzene rings is 1. The highest BCUT2D eigenvalue weighted by molar-refractivity contribution is 7.89. The molecule has 102 valence electrons. The first-order valence-corrected chi connectivity index (χ1v) is 8.70. The molecular formula is C11H18N2O3S2. The third kappa shape index (κ3) is 4.40. The summed E-state index contributed by atoms with van der Waals surface area (Å²) < 4.78 is 37.2. The van der Waals surface area contributed by atoms with Gasteiger partial charge in [0.15, 0.2) is 0 Å². The predicted molar refractivity (Wildman–Crippen MR) is 74.3 cm³/mol. The number of sulfonamides is 1. The summed E-state index contributed by atoms with van der Waals surface area (Å²) in [5, 5.41) is 0. The van der Waals surface area contributed by atoms with Gasteiger partial charge in [-0.1, -0.05) is 6.07 Å². The van der Waals surface area contributed by atoms with Gasteiger partial charge in [0.05, 0.1) is 5.69 Å². The van der Waals surface area contributed by atoms with Crippen LogP contribution >= 0.6 is 0 Å². The summed E-state index contributed by atoms with van der Waals surface area (Å²) in [6.45, 7) is 2.10. The zero-order chi connectivity index (χ0) is 13.8. The Balaban J connectivity index is 2.71. The van der Waals surface area contributed by atoms with Gasteiger partial charge in [-0.2, -0.15) is 0 Å². The number of nitrogen functional groups attached to an aromatic ring is 1. The van der Waals surface area contributed by atoms with Crippen LogP contribution in [0.3, 0.4) is 0 Å². The molecule has 0 radical (unpaired) electrons. The smallest absolute Gasteiger partial charge is 0.242 e. The summed E-state index contributed by atoms with van der Waals surface area (Å²) in [4.78, 5) is 0.0886. The van der Waals surface area contributed by atoms with Crippen molar-refractivity contribution in [1.29, 1.82) is 0 Å². The Bertz CT molecular complexity index is 541. The van der Waals surface area contributed by atoms with E-state index in [1.54, 1.807) is 18.4 Å². The van der Waals surface area contributed by atoms with E-state index < -0.39 is 20.8 Å². The van der Waals surface area contributed by atoms with Gasteiger partial charge in [-0.05, 0) is 31.0 Å². The quantitative estimate of drug-likeness (QED) is 0.594. The molecule has 0 aliphatic heterocycles. The fourth-order valence-corrected chi connectivity index (χ4v) is 3.21. The highest BCUT2D eigenvalue weighted by Crippen LogP contribution is 2.18. The Morgan fingerprint density at radius 1 is 1.39 bits per heavy atom. The number of nitrogens with one attached hydrogen (secondary N) is 1. The third-order valence-electron chi connectivity index (χ3n) is 2.36. The van der Waals surface area contributed by atoms with Crippen LogP contribution in [0.2, 0.25) is 0 Å². The maximum absolute atomic E-state index is 11.9. The van der Waals surface area contributed by atoms with Crippen LogP contribution in [-0.4, -0.2) is 31.2 Å². The minimum atomic E-state index is -3.58. The molecule has 0 aliphatic carbocycles. The van der Waals surface area contributed by atoms with Crippen molar-refractivity contribution in [3.63, 3.8) is 0 Å². The Kier molecular flexibility index (Phi) is 5.30. The molecule has 18 heavy (non-hydrogen) atoms. The topological polar surface area (TPSA) is 89.3 Å². The van der Waals surface area contributed by atoms with E-state index in [4.69, 9.17) is 5.73 Å². The van der Waals surface area contributed by atoms with Gasteiger partial charge < -0.3 is 5.73 Å². The van der Waals surface area contributed by atoms with Gasteiger partial charge in [0.2, 0.25) is 10.0 Å². The maximum atomic E-state index is 11.9. The molecule has 1 aromatic carbocycles. The molecule has 1 aromatic rings. The SMILES string of the molecule is Cc1ccc(S(=O)(=O)NCCCS(C)=O)c(N)c1. The second-order valence-corrected chi connectivity index (χ2v) is 7.36. The lowest BCUT2D eigenvalue weighted by Gasteiger charge is -2.09.